The van der Waals surface area contributed by atoms with E-state index in [4.69, 9.17) is 4.74 Å². The van der Waals surface area contributed by atoms with Crippen LogP contribution < -0.4 is 5.32 Å². The van der Waals surface area contributed by atoms with Crippen LogP contribution >= 0.6 is 0 Å². The van der Waals surface area contributed by atoms with Crippen LogP contribution in [0.25, 0.3) is 0 Å². The zero-order chi connectivity index (χ0) is 26.3. The number of aromatic nitrogens is 5. The highest BCUT2D eigenvalue weighted by Gasteiger charge is 2.46. The second-order valence-electron chi connectivity index (χ2n) is 11.8. The molecule has 0 spiro atoms. The molecule has 2 amide bonds. The van der Waals surface area contributed by atoms with Gasteiger partial charge in [0.25, 0.3) is 0 Å². The molecule has 2 N–H and O–H groups in total. The lowest BCUT2D eigenvalue weighted by atomic mass is 9.85. The van der Waals surface area contributed by atoms with E-state index in [0.717, 1.165) is 49.1 Å². The Hall–Kier alpha value is -2.79. The number of amides is 2. The normalized spacial score (nSPS) is 24.7. The standard InChI is InChI=1S/C26H39N7O4/c1-26(2,3)23(33-15-20(29-30-33)16-8-9-16)25(36)31-14-18(34)12-21(31)24(35)28-19-7-5-6-17-13-27-32(22(17)19)10-11-37-4/h13,15-16,18-19,21,23,34H,5-12,14H2,1-4H3,(H,28,35)/t18?,19?,21?,23-/m1/s1. The molecule has 0 aromatic carbocycles. The molecule has 3 aliphatic rings. The largest absolute Gasteiger partial charge is 0.391 e. The highest BCUT2D eigenvalue weighted by Crippen LogP contribution is 2.40. The van der Waals surface area contributed by atoms with Crippen molar-refractivity contribution in [1.29, 1.82) is 0 Å². The highest BCUT2D eigenvalue weighted by atomic mass is 16.5. The summed E-state index contributed by atoms with van der Waals surface area (Å²) in [5.41, 5.74) is 2.59. The number of hydrogen-bond donors (Lipinski definition) is 2. The molecule has 11 heteroatoms. The van der Waals surface area contributed by atoms with Crippen LogP contribution in [0.2, 0.25) is 0 Å². The number of fused-ring (bicyclic) bond motifs is 1. The van der Waals surface area contributed by atoms with E-state index in [2.05, 4.69) is 20.7 Å². The molecule has 2 aromatic heterocycles. The van der Waals surface area contributed by atoms with Crippen molar-refractivity contribution in [2.75, 3.05) is 20.3 Å². The minimum Gasteiger partial charge on any atom is -0.391 e. The smallest absolute Gasteiger partial charge is 0.248 e. The van der Waals surface area contributed by atoms with Gasteiger partial charge in [-0.1, -0.05) is 26.0 Å². The number of aryl methyl sites for hydroxylation is 1. The quantitative estimate of drug-likeness (QED) is 0.550. The molecule has 3 unspecified atom stereocenters. The molecule has 1 saturated heterocycles. The maximum atomic E-state index is 14.0. The number of ether oxygens (including phenoxy) is 1. The zero-order valence-corrected chi connectivity index (χ0v) is 22.3. The third-order valence-electron chi connectivity index (χ3n) is 7.76. The summed E-state index contributed by atoms with van der Waals surface area (Å²) in [4.78, 5) is 29.2. The topological polar surface area (TPSA) is 127 Å². The lowest BCUT2D eigenvalue weighted by Gasteiger charge is -2.35. The van der Waals surface area contributed by atoms with Crippen molar-refractivity contribution in [2.24, 2.45) is 5.41 Å². The number of aliphatic hydroxyl groups excluding tert-OH is 1. The third-order valence-corrected chi connectivity index (χ3v) is 7.76. The summed E-state index contributed by atoms with van der Waals surface area (Å²) < 4.78 is 8.79. The Bertz CT molecular complexity index is 1130. The van der Waals surface area contributed by atoms with Gasteiger partial charge < -0.3 is 20.1 Å². The lowest BCUT2D eigenvalue weighted by molar-refractivity contribution is -0.144. The van der Waals surface area contributed by atoms with Crippen LogP contribution in [0.3, 0.4) is 0 Å². The van der Waals surface area contributed by atoms with Crippen LogP contribution in [0.15, 0.2) is 12.4 Å². The van der Waals surface area contributed by atoms with Crippen molar-refractivity contribution in [3.8, 4) is 0 Å². The van der Waals surface area contributed by atoms with Crippen molar-refractivity contribution in [3.63, 3.8) is 0 Å². The number of nitrogens with one attached hydrogen (secondary N) is 1. The van der Waals surface area contributed by atoms with Crippen LogP contribution in [-0.4, -0.2) is 79.0 Å². The highest BCUT2D eigenvalue weighted by molar-refractivity contribution is 5.90. The van der Waals surface area contributed by atoms with E-state index in [1.165, 1.54) is 0 Å². The van der Waals surface area contributed by atoms with Gasteiger partial charge in [0.05, 0.1) is 42.9 Å². The summed E-state index contributed by atoms with van der Waals surface area (Å²) in [6.45, 7) is 7.22. The van der Waals surface area contributed by atoms with Gasteiger partial charge in [-0.15, -0.1) is 5.10 Å². The molecule has 2 aromatic rings. The zero-order valence-electron chi connectivity index (χ0n) is 22.3. The van der Waals surface area contributed by atoms with E-state index in [1.807, 2.05) is 37.8 Å². The summed E-state index contributed by atoms with van der Waals surface area (Å²) in [5.74, 6) is -0.0348. The Morgan fingerprint density at radius 1 is 1.27 bits per heavy atom. The van der Waals surface area contributed by atoms with E-state index in [9.17, 15) is 14.7 Å². The Labute approximate surface area is 217 Å². The van der Waals surface area contributed by atoms with Crippen LogP contribution in [0.5, 0.6) is 0 Å². The van der Waals surface area contributed by atoms with E-state index in [0.29, 0.717) is 19.1 Å². The molecule has 3 heterocycles. The maximum Gasteiger partial charge on any atom is 0.248 e. The molecule has 37 heavy (non-hydrogen) atoms. The van der Waals surface area contributed by atoms with Crippen LogP contribution in [0.4, 0.5) is 0 Å². The molecule has 11 nitrogen and oxygen atoms in total. The Kier molecular flexibility index (Phi) is 7.10. The minimum absolute atomic E-state index is 0.120. The molecule has 1 aliphatic heterocycles. The molecular formula is C26H39N7O4. The van der Waals surface area contributed by atoms with Crippen LogP contribution in [0, 0.1) is 5.41 Å². The summed E-state index contributed by atoms with van der Waals surface area (Å²) >= 11 is 0. The van der Waals surface area contributed by atoms with Gasteiger partial charge in [-0.3, -0.25) is 14.3 Å². The molecule has 2 fully saturated rings. The first-order chi connectivity index (χ1) is 17.7. The van der Waals surface area contributed by atoms with Gasteiger partial charge in [-0.2, -0.15) is 5.10 Å². The summed E-state index contributed by atoms with van der Waals surface area (Å²) in [6.07, 6.45) is 8.07. The van der Waals surface area contributed by atoms with E-state index < -0.39 is 23.6 Å². The summed E-state index contributed by atoms with van der Waals surface area (Å²) in [7, 11) is 1.66. The fourth-order valence-electron chi connectivity index (χ4n) is 5.75. The second kappa shape index (κ2) is 10.2. The second-order valence-corrected chi connectivity index (χ2v) is 11.8. The number of rotatable bonds is 8. The number of nitrogens with zero attached hydrogens (tertiary/aromatic N) is 6. The fraction of sp³-hybridized carbons (Fsp3) is 0.731. The predicted molar refractivity (Wildman–Crippen MR) is 135 cm³/mol. The van der Waals surface area contributed by atoms with Crippen molar-refractivity contribution in [3.05, 3.63) is 29.3 Å². The number of methoxy groups -OCH3 is 1. The Morgan fingerprint density at radius 2 is 2.05 bits per heavy atom. The van der Waals surface area contributed by atoms with E-state index in [1.54, 1.807) is 16.7 Å². The molecule has 0 radical (unpaired) electrons. The number of β-amino-alcohol motifs (C(OH)–C–C–N with tert-alkyl or cyclic N) is 1. The Balaban J connectivity index is 1.36. The number of aliphatic hydroxyl groups is 1. The molecule has 2 aliphatic carbocycles. The van der Waals surface area contributed by atoms with E-state index >= 15 is 0 Å². The first kappa shape index (κ1) is 25.8. The van der Waals surface area contributed by atoms with E-state index in [-0.39, 0.29) is 30.8 Å². The molecule has 1 saturated carbocycles. The van der Waals surface area contributed by atoms with Crippen molar-refractivity contribution in [1.82, 2.24) is 35.0 Å². The molecule has 5 rings (SSSR count). The number of hydrogen-bond acceptors (Lipinski definition) is 7. The van der Waals surface area contributed by atoms with Crippen LogP contribution in [-0.2, 0) is 27.3 Å². The van der Waals surface area contributed by atoms with Gasteiger partial charge in [0.15, 0.2) is 0 Å². The van der Waals surface area contributed by atoms with Crippen molar-refractivity contribution < 1.29 is 19.4 Å². The molecule has 4 atom stereocenters. The van der Waals surface area contributed by atoms with Crippen LogP contribution in [0.1, 0.15) is 87.8 Å². The third kappa shape index (κ3) is 5.29. The average molecular weight is 514 g/mol. The number of carbonyl (C=O) groups excluding carboxylic acids is 2. The van der Waals surface area contributed by atoms with Gasteiger partial charge >= 0.3 is 0 Å². The lowest BCUT2D eigenvalue weighted by Crippen LogP contribution is -2.51. The summed E-state index contributed by atoms with van der Waals surface area (Å²) in [5, 5.41) is 26.9. The maximum absolute atomic E-state index is 14.0. The van der Waals surface area contributed by atoms with Gasteiger partial charge in [-0.25, -0.2) is 4.68 Å². The molecular weight excluding hydrogens is 474 g/mol. The minimum atomic E-state index is -0.757. The van der Waals surface area contributed by atoms with Gasteiger partial charge in [0, 0.05) is 32.2 Å². The van der Waals surface area contributed by atoms with Crippen molar-refractivity contribution in [2.45, 2.75) is 96.0 Å². The predicted octanol–water partition coefficient (Wildman–Crippen LogP) is 1.74. The summed E-state index contributed by atoms with van der Waals surface area (Å²) in [6, 6.07) is -1.58. The van der Waals surface area contributed by atoms with Gasteiger partial charge in [-0.05, 0) is 43.1 Å². The molecule has 0 bridgehead atoms. The fourth-order valence-corrected chi connectivity index (χ4v) is 5.75. The first-order valence-corrected chi connectivity index (χ1v) is 13.4. The number of carbonyl (C=O) groups is 2. The SMILES string of the molecule is COCCn1ncc2c1C(NC(=O)C1CC(O)CN1C(=O)[C@@H](n1cc(C3CC3)nn1)C(C)(C)C)CCC2. The van der Waals surface area contributed by atoms with Crippen molar-refractivity contribution >= 4 is 11.8 Å². The number of likely N-dealkylation sites (tertiary alicyclic amines) is 1. The first-order valence-electron chi connectivity index (χ1n) is 13.4. The monoisotopic (exact) mass is 513 g/mol. The molecule has 202 valence electrons. The van der Waals surface area contributed by atoms with Gasteiger partial charge in [0.1, 0.15) is 12.1 Å². The Morgan fingerprint density at radius 3 is 2.76 bits per heavy atom. The average Bonchev–Trinajstić information content (AvgIpc) is 3.24. The van der Waals surface area contributed by atoms with Gasteiger partial charge in [0.2, 0.25) is 11.8 Å².